The Labute approximate surface area is 128 Å². The molecule has 0 bridgehead atoms. The summed E-state index contributed by atoms with van der Waals surface area (Å²) in [5, 5.41) is 6.42. The van der Waals surface area contributed by atoms with Gasteiger partial charge in [0, 0.05) is 24.7 Å². The molecule has 6 heteroatoms. The van der Waals surface area contributed by atoms with E-state index in [1.54, 1.807) is 17.9 Å². The number of rotatable bonds is 3. The van der Waals surface area contributed by atoms with Gasteiger partial charge in [-0.15, -0.1) is 0 Å². The molecule has 0 saturated carbocycles. The number of carbonyl (C=O) groups excluding carboxylic acids is 2. The van der Waals surface area contributed by atoms with Crippen LogP contribution in [0.3, 0.4) is 0 Å². The maximum atomic E-state index is 12.3. The molecule has 0 radical (unpaired) electrons. The van der Waals surface area contributed by atoms with Crippen LogP contribution < -0.4 is 10.2 Å². The second kappa shape index (κ2) is 5.63. The topological polar surface area (TPSA) is 75.4 Å². The highest BCUT2D eigenvalue weighted by atomic mass is 16.5. The van der Waals surface area contributed by atoms with Crippen LogP contribution in [0.1, 0.15) is 17.7 Å². The number of carbonyl (C=O) groups is 2. The van der Waals surface area contributed by atoms with Crippen LogP contribution in [-0.4, -0.2) is 23.5 Å². The van der Waals surface area contributed by atoms with Crippen LogP contribution in [-0.2, 0) is 9.59 Å². The predicted molar refractivity (Wildman–Crippen MR) is 81.5 cm³/mol. The van der Waals surface area contributed by atoms with Crippen LogP contribution >= 0.6 is 0 Å². The molecule has 1 atom stereocenters. The minimum Gasteiger partial charge on any atom is -0.360 e. The third-order valence-corrected chi connectivity index (χ3v) is 3.78. The first-order valence-corrected chi connectivity index (χ1v) is 7.15. The van der Waals surface area contributed by atoms with Gasteiger partial charge in [-0.05, 0) is 25.5 Å². The number of aromatic nitrogens is 1. The summed E-state index contributed by atoms with van der Waals surface area (Å²) in [4.78, 5) is 26.1. The van der Waals surface area contributed by atoms with Crippen molar-refractivity contribution in [2.45, 2.75) is 20.3 Å². The van der Waals surface area contributed by atoms with Gasteiger partial charge >= 0.3 is 0 Å². The monoisotopic (exact) mass is 299 g/mol. The van der Waals surface area contributed by atoms with E-state index in [4.69, 9.17) is 4.52 Å². The first kappa shape index (κ1) is 14.3. The summed E-state index contributed by atoms with van der Waals surface area (Å²) in [5.74, 6) is 0.372. The second-order valence-electron chi connectivity index (χ2n) is 5.50. The van der Waals surface area contributed by atoms with Crippen molar-refractivity contribution >= 4 is 23.3 Å². The summed E-state index contributed by atoms with van der Waals surface area (Å²) in [7, 11) is 0. The molecule has 2 amide bonds. The van der Waals surface area contributed by atoms with Crippen molar-refractivity contribution < 1.29 is 14.1 Å². The summed E-state index contributed by atoms with van der Waals surface area (Å²) in [6.07, 6.45) is 0.205. The molecule has 1 aromatic carbocycles. The summed E-state index contributed by atoms with van der Waals surface area (Å²) >= 11 is 0. The molecule has 1 N–H and O–H groups in total. The molecule has 0 unspecified atom stereocenters. The number of nitrogens with one attached hydrogen (secondary N) is 1. The van der Waals surface area contributed by atoms with Crippen LogP contribution in [0.25, 0.3) is 0 Å². The average Bonchev–Trinajstić information content (AvgIpc) is 3.06. The highest BCUT2D eigenvalue weighted by Crippen LogP contribution is 2.28. The normalized spacial score (nSPS) is 17.8. The van der Waals surface area contributed by atoms with Crippen LogP contribution in [0.4, 0.5) is 11.5 Å². The van der Waals surface area contributed by atoms with Crippen molar-refractivity contribution in [1.82, 2.24) is 5.16 Å². The molecule has 1 aliphatic rings. The molecule has 114 valence electrons. The number of amides is 2. The van der Waals surface area contributed by atoms with Crippen LogP contribution in [0.2, 0.25) is 0 Å². The van der Waals surface area contributed by atoms with E-state index in [-0.39, 0.29) is 24.2 Å². The van der Waals surface area contributed by atoms with Crippen molar-refractivity contribution in [3.8, 4) is 0 Å². The molecule has 0 spiro atoms. The lowest BCUT2D eigenvalue weighted by Gasteiger charge is -2.18. The lowest BCUT2D eigenvalue weighted by molar-refractivity contribution is -0.122. The number of aryl methyl sites for hydroxylation is 2. The molecule has 2 heterocycles. The van der Waals surface area contributed by atoms with Crippen molar-refractivity contribution in [3.05, 3.63) is 41.7 Å². The van der Waals surface area contributed by atoms with Gasteiger partial charge < -0.3 is 14.7 Å². The fraction of sp³-hybridized carbons (Fsp3) is 0.312. The van der Waals surface area contributed by atoms with Crippen molar-refractivity contribution in [3.63, 3.8) is 0 Å². The van der Waals surface area contributed by atoms with E-state index in [0.29, 0.717) is 18.1 Å². The average molecular weight is 299 g/mol. The maximum absolute atomic E-state index is 12.3. The zero-order valence-electron chi connectivity index (χ0n) is 12.5. The highest BCUT2D eigenvalue weighted by molar-refractivity contribution is 6.03. The molecule has 3 rings (SSSR count). The van der Waals surface area contributed by atoms with E-state index >= 15 is 0 Å². The van der Waals surface area contributed by atoms with Crippen LogP contribution in [0.15, 0.2) is 34.9 Å². The van der Waals surface area contributed by atoms with E-state index in [1.807, 2.05) is 31.2 Å². The fourth-order valence-electron chi connectivity index (χ4n) is 2.64. The standard InChI is InChI=1S/C16H17N3O3/c1-10-5-3-4-6-13(10)19-9-12(8-15(19)20)16(21)17-14-7-11(2)22-18-14/h3-7,12H,8-9H2,1-2H3,(H,17,18,21)/t12-/m0/s1. The van der Waals surface area contributed by atoms with E-state index in [0.717, 1.165) is 11.3 Å². The van der Waals surface area contributed by atoms with Crippen molar-refractivity contribution in [2.24, 2.45) is 5.92 Å². The predicted octanol–water partition coefficient (Wildman–Crippen LogP) is 2.28. The third-order valence-electron chi connectivity index (χ3n) is 3.78. The zero-order chi connectivity index (χ0) is 15.7. The van der Waals surface area contributed by atoms with Crippen LogP contribution in [0, 0.1) is 19.8 Å². The van der Waals surface area contributed by atoms with Gasteiger partial charge in [-0.3, -0.25) is 9.59 Å². The Morgan fingerprint density at radius 2 is 2.14 bits per heavy atom. The maximum Gasteiger partial charge on any atom is 0.231 e. The molecule has 6 nitrogen and oxygen atoms in total. The minimum absolute atomic E-state index is 0.0363. The zero-order valence-corrected chi connectivity index (χ0v) is 12.5. The van der Waals surface area contributed by atoms with Gasteiger partial charge in [0.15, 0.2) is 5.82 Å². The molecule has 1 aromatic heterocycles. The number of hydrogen-bond acceptors (Lipinski definition) is 4. The second-order valence-corrected chi connectivity index (χ2v) is 5.50. The third kappa shape index (κ3) is 2.72. The SMILES string of the molecule is Cc1cc(NC(=O)[C@H]2CC(=O)N(c3ccccc3C)C2)no1. The summed E-state index contributed by atoms with van der Waals surface area (Å²) in [6.45, 7) is 4.09. The Bertz CT molecular complexity index is 723. The Morgan fingerprint density at radius 1 is 1.36 bits per heavy atom. The molecule has 1 fully saturated rings. The molecule has 1 saturated heterocycles. The Hall–Kier alpha value is -2.63. The van der Waals surface area contributed by atoms with Gasteiger partial charge in [-0.1, -0.05) is 23.4 Å². The largest absolute Gasteiger partial charge is 0.360 e. The first-order valence-electron chi connectivity index (χ1n) is 7.15. The van der Waals surface area contributed by atoms with E-state index < -0.39 is 0 Å². The van der Waals surface area contributed by atoms with Gasteiger partial charge in [0.2, 0.25) is 11.8 Å². The summed E-state index contributed by atoms with van der Waals surface area (Å²) in [6, 6.07) is 9.31. The van der Waals surface area contributed by atoms with Gasteiger partial charge in [-0.25, -0.2) is 0 Å². The first-order chi connectivity index (χ1) is 10.5. The van der Waals surface area contributed by atoms with E-state index in [1.165, 1.54) is 0 Å². The van der Waals surface area contributed by atoms with Crippen molar-refractivity contribution in [2.75, 3.05) is 16.8 Å². The van der Waals surface area contributed by atoms with Gasteiger partial charge in [0.25, 0.3) is 0 Å². The fourth-order valence-corrected chi connectivity index (χ4v) is 2.64. The molecular weight excluding hydrogens is 282 g/mol. The van der Waals surface area contributed by atoms with Crippen molar-refractivity contribution in [1.29, 1.82) is 0 Å². The van der Waals surface area contributed by atoms with Gasteiger partial charge in [-0.2, -0.15) is 0 Å². The lowest BCUT2D eigenvalue weighted by Crippen LogP contribution is -2.28. The Balaban J connectivity index is 1.71. The summed E-state index contributed by atoms with van der Waals surface area (Å²) < 4.78 is 4.91. The summed E-state index contributed by atoms with van der Waals surface area (Å²) in [5.41, 5.74) is 1.88. The smallest absolute Gasteiger partial charge is 0.231 e. The van der Waals surface area contributed by atoms with Crippen LogP contribution in [0.5, 0.6) is 0 Å². The molecule has 22 heavy (non-hydrogen) atoms. The Kier molecular flexibility index (Phi) is 3.66. The van der Waals surface area contributed by atoms with E-state index in [9.17, 15) is 9.59 Å². The van der Waals surface area contributed by atoms with Gasteiger partial charge in [0.1, 0.15) is 5.76 Å². The highest BCUT2D eigenvalue weighted by Gasteiger charge is 2.35. The number of benzene rings is 1. The quantitative estimate of drug-likeness (QED) is 0.943. The molecule has 0 aliphatic carbocycles. The minimum atomic E-state index is -0.385. The number of nitrogens with zero attached hydrogens (tertiary/aromatic N) is 2. The lowest BCUT2D eigenvalue weighted by atomic mass is 10.1. The van der Waals surface area contributed by atoms with Gasteiger partial charge in [0.05, 0.1) is 5.92 Å². The van der Waals surface area contributed by atoms with E-state index in [2.05, 4.69) is 10.5 Å². The molecule has 1 aliphatic heterocycles. The molecule has 2 aromatic rings. The molecular formula is C16H17N3O3. The number of para-hydroxylation sites is 1. The number of hydrogen-bond donors (Lipinski definition) is 1. The Morgan fingerprint density at radius 3 is 2.82 bits per heavy atom. The number of anilines is 2.